The van der Waals surface area contributed by atoms with Gasteiger partial charge < -0.3 is 30.5 Å². The standard InChI is InChI=1S/C25H29N7O3.C2H7N/c33-22-11-16-6-7-17(28-16)14-31(22)19-8-9-21(26-13-19)29-25-27-12-15-10-20(24(34)35)32(23(15)30-25)18-4-2-1-3-5-18;1-3-2/h8-10,12-13,16-18,28H,1-7,11,14H2,(H,34,35)(H,26,27,29,30);3H,1-2H3/t16-,17+;/m0./s1. The summed E-state index contributed by atoms with van der Waals surface area (Å²) in [7, 11) is 3.75. The number of nitrogens with one attached hydrogen (secondary N) is 3. The molecule has 6 rings (SSSR count). The summed E-state index contributed by atoms with van der Waals surface area (Å²) in [6, 6.07) is 6.10. The van der Waals surface area contributed by atoms with E-state index in [9.17, 15) is 14.7 Å². The quantitative estimate of drug-likeness (QED) is 0.398. The molecule has 11 nitrogen and oxygen atoms in total. The number of carboxylic acid groups (broad SMARTS) is 1. The molecule has 2 atom stereocenters. The van der Waals surface area contributed by atoms with Gasteiger partial charge in [0.15, 0.2) is 0 Å². The number of fused-ring (bicyclic) bond motifs is 3. The first-order chi connectivity index (χ1) is 18.5. The van der Waals surface area contributed by atoms with Gasteiger partial charge in [-0.05, 0) is 58.0 Å². The van der Waals surface area contributed by atoms with Crippen molar-refractivity contribution in [3.05, 3.63) is 36.3 Å². The molecular weight excluding hydrogens is 484 g/mol. The second kappa shape index (κ2) is 11.4. The molecule has 2 bridgehead atoms. The molecule has 1 amide bonds. The molecule has 1 aliphatic carbocycles. The zero-order valence-electron chi connectivity index (χ0n) is 22.0. The number of nitrogens with zero attached hydrogens (tertiary/aromatic N) is 5. The summed E-state index contributed by atoms with van der Waals surface area (Å²) in [6.07, 6.45) is 11.3. The number of hydrogen-bond donors (Lipinski definition) is 4. The number of pyridine rings is 1. The molecular formula is C27H36N8O3. The van der Waals surface area contributed by atoms with Crippen LogP contribution in [0.25, 0.3) is 11.0 Å². The molecule has 3 aliphatic rings. The van der Waals surface area contributed by atoms with Crippen molar-refractivity contribution in [3.63, 3.8) is 0 Å². The molecule has 2 aliphatic heterocycles. The molecule has 38 heavy (non-hydrogen) atoms. The van der Waals surface area contributed by atoms with Gasteiger partial charge in [0.2, 0.25) is 11.9 Å². The minimum Gasteiger partial charge on any atom is -0.477 e. The van der Waals surface area contributed by atoms with Gasteiger partial charge in [0, 0.05) is 42.7 Å². The van der Waals surface area contributed by atoms with Crippen LogP contribution in [0.1, 0.15) is 67.9 Å². The van der Waals surface area contributed by atoms with Gasteiger partial charge in [-0.3, -0.25) is 4.79 Å². The van der Waals surface area contributed by atoms with Crippen molar-refractivity contribution in [3.8, 4) is 0 Å². The molecule has 0 spiro atoms. The van der Waals surface area contributed by atoms with E-state index in [1.165, 1.54) is 6.42 Å². The molecule has 4 N–H and O–H groups in total. The Bertz CT molecular complexity index is 1290. The predicted octanol–water partition coefficient (Wildman–Crippen LogP) is 3.47. The minimum absolute atomic E-state index is 0.124. The number of carbonyl (C=O) groups excluding carboxylic acids is 1. The van der Waals surface area contributed by atoms with Crippen LogP contribution in [0.4, 0.5) is 17.5 Å². The first-order valence-electron chi connectivity index (χ1n) is 13.5. The van der Waals surface area contributed by atoms with E-state index in [1.54, 1.807) is 18.5 Å². The maximum absolute atomic E-state index is 12.7. The maximum Gasteiger partial charge on any atom is 0.352 e. The summed E-state index contributed by atoms with van der Waals surface area (Å²) < 4.78 is 1.87. The van der Waals surface area contributed by atoms with Crippen LogP contribution in [0.3, 0.4) is 0 Å². The fraction of sp³-hybridized carbons (Fsp3) is 0.519. The van der Waals surface area contributed by atoms with E-state index in [0.717, 1.165) is 44.2 Å². The number of hydrogen-bond acceptors (Lipinski definition) is 8. The third kappa shape index (κ3) is 5.48. The largest absolute Gasteiger partial charge is 0.477 e. The lowest BCUT2D eigenvalue weighted by Gasteiger charge is -2.25. The van der Waals surface area contributed by atoms with E-state index < -0.39 is 5.97 Å². The second-order valence-corrected chi connectivity index (χ2v) is 10.3. The van der Waals surface area contributed by atoms with Crippen molar-refractivity contribution in [1.82, 2.24) is 30.2 Å². The van der Waals surface area contributed by atoms with Gasteiger partial charge in [-0.25, -0.2) is 14.8 Å². The Labute approximate surface area is 222 Å². The molecule has 202 valence electrons. The summed E-state index contributed by atoms with van der Waals surface area (Å²) in [6.45, 7) is 0.660. The zero-order chi connectivity index (χ0) is 26.6. The van der Waals surface area contributed by atoms with Crippen LogP contribution in [0.5, 0.6) is 0 Å². The van der Waals surface area contributed by atoms with E-state index >= 15 is 0 Å². The van der Waals surface area contributed by atoms with Crippen LogP contribution in [-0.4, -0.2) is 69.2 Å². The third-order valence-corrected chi connectivity index (χ3v) is 7.49. The highest BCUT2D eigenvalue weighted by molar-refractivity contribution is 5.94. The van der Waals surface area contributed by atoms with Crippen LogP contribution >= 0.6 is 0 Å². The topological polar surface area (TPSA) is 137 Å². The maximum atomic E-state index is 12.7. The molecule has 1 saturated carbocycles. The Morgan fingerprint density at radius 2 is 1.82 bits per heavy atom. The highest BCUT2D eigenvalue weighted by atomic mass is 16.4. The molecule has 3 aromatic heterocycles. The number of rotatable bonds is 5. The Balaban J connectivity index is 0.000000937. The van der Waals surface area contributed by atoms with E-state index in [0.29, 0.717) is 41.8 Å². The van der Waals surface area contributed by atoms with Gasteiger partial charge in [-0.15, -0.1) is 0 Å². The number of carbonyl (C=O) groups is 2. The fourth-order valence-corrected chi connectivity index (χ4v) is 5.78. The van der Waals surface area contributed by atoms with E-state index in [1.807, 2.05) is 35.7 Å². The van der Waals surface area contributed by atoms with Crippen LogP contribution in [-0.2, 0) is 4.79 Å². The van der Waals surface area contributed by atoms with Gasteiger partial charge in [-0.1, -0.05) is 19.3 Å². The van der Waals surface area contributed by atoms with Crippen LogP contribution in [0.2, 0.25) is 0 Å². The Kier molecular flexibility index (Phi) is 7.85. The monoisotopic (exact) mass is 520 g/mol. The normalized spacial score (nSPS) is 21.6. The number of amides is 1. The number of aromatic carboxylic acids is 1. The molecule has 0 aromatic carbocycles. The Morgan fingerprint density at radius 3 is 2.53 bits per heavy atom. The SMILES string of the molecule is CNC.O=C(O)c1cc2cnc(Nc3ccc(N4C[C@H]5CC[C@@H](CC4=O)N5)cn3)nc2n1C1CCCCC1. The first kappa shape index (κ1) is 26.1. The highest BCUT2D eigenvalue weighted by Crippen LogP contribution is 2.33. The van der Waals surface area contributed by atoms with Crippen LogP contribution in [0.15, 0.2) is 30.6 Å². The van der Waals surface area contributed by atoms with E-state index in [-0.39, 0.29) is 23.7 Å². The molecule has 5 heterocycles. The van der Waals surface area contributed by atoms with Gasteiger partial charge in [0.1, 0.15) is 17.2 Å². The first-order valence-corrected chi connectivity index (χ1v) is 13.5. The smallest absolute Gasteiger partial charge is 0.352 e. The summed E-state index contributed by atoms with van der Waals surface area (Å²) in [5.41, 5.74) is 1.66. The molecule has 11 heteroatoms. The summed E-state index contributed by atoms with van der Waals surface area (Å²) in [4.78, 5) is 40.0. The van der Waals surface area contributed by atoms with Crippen LogP contribution in [0, 0.1) is 0 Å². The fourth-order valence-electron chi connectivity index (χ4n) is 5.78. The average Bonchev–Trinajstić information content (AvgIpc) is 3.48. The predicted molar refractivity (Wildman–Crippen MR) is 146 cm³/mol. The zero-order valence-corrected chi connectivity index (χ0v) is 22.0. The lowest BCUT2D eigenvalue weighted by Crippen LogP contribution is -2.37. The molecule has 3 aromatic rings. The van der Waals surface area contributed by atoms with Crippen molar-refractivity contribution in [2.45, 2.75) is 69.5 Å². The van der Waals surface area contributed by atoms with Crippen molar-refractivity contribution >= 4 is 40.4 Å². The second-order valence-electron chi connectivity index (χ2n) is 10.3. The average molecular weight is 521 g/mol. The van der Waals surface area contributed by atoms with Gasteiger partial charge in [0.05, 0.1) is 11.9 Å². The lowest BCUT2D eigenvalue weighted by atomic mass is 9.95. The van der Waals surface area contributed by atoms with Crippen molar-refractivity contribution in [2.75, 3.05) is 30.9 Å². The van der Waals surface area contributed by atoms with Gasteiger partial charge in [-0.2, -0.15) is 4.98 Å². The van der Waals surface area contributed by atoms with Gasteiger partial charge >= 0.3 is 5.97 Å². The molecule has 2 saturated heterocycles. The molecule has 0 unspecified atom stereocenters. The molecule has 0 radical (unpaired) electrons. The number of carboxylic acids is 1. The Hall–Kier alpha value is -3.57. The Morgan fingerprint density at radius 1 is 1.05 bits per heavy atom. The van der Waals surface area contributed by atoms with Crippen molar-refractivity contribution in [2.24, 2.45) is 0 Å². The highest BCUT2D eigenvalue weighted by Gasteiger charge is 2.34. The van der Waals surface area contributed by atoms with Gasteiger partial charge in [0.25, 0.3) is 0 Å². The summed E-state index contributed by atoms with van der Waals surface area (Å²) in [5.74, 6) is 0.0898. The third-order valence-electron chi connectivity index (χ3n) is 7.49. The minimum atomic E-state index is -0.952. The van der Waals surface area contributed by atoms with Crippen molar-refractivity contribution in [1.29, 1.82) is 0 Å². The number of anilines is 3. The van der Waals surface area contributed by atoms with E-state index in [2.05, 4.69) is 30.9 Å². The summed E-state index contributed by atoms with van der Waals surface area (Å²) in [5, 5.41) is 19.9. The van der Waals surface area contributed by atoms with E-state index in [4.69, 9.17) is 0 Å². The lowest BCUT2D eigenvalue weighted by molar-refractivity contribution is -0.118. The van der Waals surface area contributed by atoms with Crippen LogP contribution < -0.4 is 20.9 Å². The number of aromatic nitrogens is 4. The molecule has 3 fully saturated rings. The summed E-state index contributed by atoms with van der Waals surface area (Å²) >= 11 is 0. The van der Waals surface area contributed by atoms with Crippen molar-refractivity contribution < 1.29 is 14.7 Å².